The molecule has 0 radical (unpaired) electrons. The van der Waals surface area contributed by atoms with E-state index in [0.717, 1.165) is 146 Å². The van der Waals surface area contributed by atoms with Crippen molar-refractivity contribution in [3.05, 3.63) is 180 Å². The summed E-state index contributed by atoms with van der Waals surface area (Å²) in [6, 6.07) is 47.4. The first-order valence-electron chi connectivity index (χ1n) is 29.4. The third kappa shape index (κ3) is 14.8. The summed E-state index contributed by atoms with van der Waals surface area (Å²) in [4.78, 5) is 63.9. The number of likely N-dealkylation sites (tertiary alicyclic amines) is 2. The smallest absolute Gasteiger partial charge is 0.331 e. The predicted molar refractivity (Wildman–Crippen MR) is 330 cm³/mol. The van der Waals surface area contributed by atoms with E-state index in [1.54, 1.807) is 51.6 Å². The molecule has 2 fully saturated rings. The second-order valence-corrected chi connectivity index (χ2v) is 24.0. The third-order valence-corrected chi connectivity index (χ3v) is 18.9. The molecule has 0 bridgehead atoms. The van der Waals surface area contributed by atoms with E-state index in [1.807, 2.05) is 155 Å². The van der Waals surface area contributed by atoms with Gasteiger partial charge in [-0.3, -0.25) is 19.4 Å². The van der Waals surface area contributed by atoms with Crippen LogP contribution in [0.5, 0.6) is 23.0 Å². The Morgan fingerprint density at radius 2 is 0.881 bits per heavy atom. The van der Waals surface area contributed by atoms with Crippen molar-refractivity contribution in [2.45, 2.75) is 98.0 Å². The molecule has 440 valence electrons. The van der Waals surface area contributed by atoms with Gasteiger partial charge in [-0.25, -0.2) is 9.59 Å². The van der Waals surface area contributed by atoms with E-state index in [0.29, 0.717) is 24.7 Å². The minimum Gasteiger partial charge on any atom is -0.497 e. The Hall–Kier alpha value is -7.24. The molecule has 6 aromatic carbocycles. The predicted octanol–water partition coefficient (Wildman–Crippen LogP) is 13.6. The molecule has 0 N–H and O–H groups in total. The maximum absolute atomic E-state index is 13.6. The first-order valence-corrected chi connectivity index (χ1v) is 31.2. The standard InChI is InChI=1S/C68H76N4O10S2/c1-47(73)71-57-23-11-13-25-61(57)83-67(71)55-45-53(77-3)27-29-59(55)79-43-17-15-37-69-39-33-51(34-40-69)65(49-19-7-5-8-20-49)81-63(75)31-32-64(76)82-66(50-21-9-6-10-22-50)52-35-41-70(42-36-52)38-16-18-44-80-60-30-28-54(78-4)46-56(60)68-72(48(2)74)58-24-12-14-26-62(58)84-68/h5-14,19-32,45-46,51-52,65-68H,15-18,33-44H2,1-4H3/b32-31-. The average molecular weight is 1170 g/mol. The number of hydrogen-bond donors (Lipinski definition) is 0. The molecule has 4 aliphatic rings. The number of thioether (sulfide) groups is 2. The number of nitrogens with zero attached hydrogens (tertiary/aromatic N) is 4. The zero-order chi connectivity index (χ0) is 58.4. The van der Waals surface area contributed by atoms with E-state index < -0.39 is 24.1 Å². The summed E-state index contributed by atoms with van der Waals surface area (Å²) in [6.45, 7) is 9.62. The lowest BCUT2D eigenvalue weighted by Crippen LogP contribution is -2.37. The highest BCUT2D eigenvalue weighted by molar-refractivity contribution is 8.00. The van der Waals surface area contributed by atoms with Crippen LogP contribution in [0.1, 0.15) is 110 Å². The molecule has 4 atom stereocenters. The van der Waals surface area contributed by atoms with Gasteiger partial charge in [-0.2, -0.15) is 0 Å². The zero-order valence-corrected chi connectivity index (χ0v) is 50.1. The van der Waals surface area contributed by atoms with Crippen molar-refractivity contribution in [3.8, 4) is 23.0 Å². The van der Waals surface area contributed by atoms with Gasteiger partial charge >= 0.3 is 11.9 Å². The molecule has 0 aliphatic carbocycles. The highest BCUT2D eigenvalue weighted by Crippen LogP contribution is 2.55. The van der Waals surface area contributed by atoms with Gasteiger partial charge in [-0.05, 0) is 162 Å². The summed E-state index contributed by atoms with van der Waals surface area (Å²) in [5.74, 6) is 1.91. The molecule has 0 aromatic heterocycles. The molecule has 14 nitrogen and oxygen atoms in total. The van der Waals surface area contributed by atoms with Gasteiger partial charge in [0, 0.05) is 58.8 Å². The molecule has 84 heavy (non-hydrogen) atoms. The SMILES string of the molecule is COc1ccc(OCCCCN2CCC(C(OC(=O)/C=C\C(=O)OC(c3ccccc3)C3CCN(CCCCOc4ccc(OC)cc4C4Sc5ccccc5N4C(C)=O)CC3)c3ccccc3)CC2)c(C2Sc3ccccc3N2C(C)=O)c1. The maximum atomic E-state index is 13.6. The van der Waals surface area contributed by atoms with Crippen LogP contribution in [0.3, 0.4) is 0 Å². The summed E-state index contributed by atoms with van der Waals surface area (Å²) >= 11 is 3.28. The number of para-hydroxylation sites is 2. The number of rotatable bonds is 24. The van der Waals surface area contributed by atoms with Crippen molar-refractivity contribution in [2.24, 2.45) is 11.8 Å². The second-order valence-electron chi connectivity index (χ2n) is 21.8. The molecule has 4 unspecified atom stereocenters. The number of methoxy groups -OCH3 is 2. The summed E-state index contributed by atoms with van der Waals surface area (Å²) in [6.07, 6.45) is 8.55. The van der Waals surface area contributed by atoms with Gasteiger partial charge < -0.3 is 38.2 Å². The highest BCUT2D eigenvalue weighted by atomic mass is 32.2. The van der Waals surface area contributed by atoms with Gasteiger partial charge in [0.25, 0.3) is 0 Å². The van der Waals surface area contributed by atoms with Gasteiger partial charge in [-0.15, -0.1) is 0 Å². The van der Waals surface area contributed by atoms with Crippen molar-refractivity contribution in [2.75, 3.05) is 76.5 Å². The van der Waals surface area contributed by atoms with Crippen molar-refractivity contribution >= 4 is 58.7 Å². The number of unbranched alkanes of at least 4 members (excludes halogenated alkanes) is 2. The lowest BCUT2D eigenvalue weighted by molar-refractivity contribution is -0.150. The van der Waals surface area contributed by atoms with Gasteiger partial charge in [0.1, 0.15) is 46.0 Å². The molecule has 4 aliphatic heterocycles. The van der Waals surface area contributed by atoms with E-state index in [4.69, 9.17) is 28.4 Å². The Labute approximate surface area is 502 Å². The van der Waals surface area contributed by atoms with Crippen LogP contribution in [0.4, 0.5) is 11.4 Å². The molecule has 16 heteroatoms. The van der Waals surface area contributed by atoms with Gasteiger partial charge in [0.15, 0.2) is 0 Å². The number of fused-ring (bicyclic) bond motifs is 2. The van der Waals surface area contributed by atoms with Crippen molar-refractivity contribution in [1.29, 1.82) is 0 Å². The van der Waals surface area contributed by atoms with Crippen LogP contribution in [-0.4, -0.2) is 100 Å². The summed E-state index contributed by atoms with van der Waals surface area (Å²) in [7, 11) is 3.29. The average Bonchev–Trinajstić information content (AvgIpc) is 3.81. The van der Waals surface area contributed by atoms with Crippen LogP contribution >= 0.6 is 23.5 Å². The third-order valence-electron chi connectivity index (χ3n) is 16.3. The number of amides is 2. The largest absolute Gasteiger partial charge is 0.497 e. The Morgan fingerprint density at radius 3 is 1.26 bits per heavy atom. The summed E-state index contributed by atoms with van der Waals surface area (Å²) in [5, 5.41) is -0.526. The topological polar surface area (TPSA) is 137 Å². The fraction of sp³-hybridized carbons (Fsp3) is 0.382. The summed E-state index contributed by atoms with van der Waals surface area (Å²) < 4.78 is 36.5. The van der Waals surface area contributed by atoms with Crippen LogP contribution in [0.25, 0.3) is 0 Å². The minimum atomic E-state index is -0.578. The van der Waals surface area contributed by atoms with Crippen LogP contribution in [0, 0.1) is 11.8 Å². The van der Waals surface area contributed by atoms with E-state index in [-0.39, 0.29) is 34.4 Å². The Bertz CT molecular complexity index is 3010. The number of hydrogen-bond acceptors (Lipinski definition) is 14. The molecular formula is C68H76N4O10S2. The number of piperidine rings is 2. The fourth-order valence-electron chi connectivity index (χ4n) is 12.0. The lowest BCUT2D eigenvalue weighted by atomic mass is 9.87. The normalized spacial score (nSPS) is 18.2. The number of carbonyl (C=O) groups is 4. The number of ether oxygens (including phenoxy) is 6. The lowest BCUT2D eigenvalue weighted by Gasteiger charge is -2.36. The molecule has 2 saturated heterocycles. The molecule has 10 rings (SSSR count). The number of esters is 2. The summed E-state index contributed by atoms with van der Waals surface area (Å²) in [5.41, 5.74) is 5.48. The number of carbonyl (C=O) groups excluding carboxylic acids is 4. The van der Waals surface area contributed by atoms with Crippen LogP contribution in [-0.2, 0) is 28.7 Å². The molecule has 6 aromatic rings. The number of anilines is 2. The first kappa shape index (κ1) is 59.9. The Morgan fingerprint density at radius 1 is 0.500 bits per heavy atom. The zero-order valence-electron chi connectivity index (χ0n) is 48.5. The quantitative estimate of drug-likeness (QED) is 0.0323. The Balaban J connectivity index is 0.669. The molecule has 0 saturated carbocycles. The van der Waals surface area contributed by atoms with Gasteiger partial charge in [0.05, 0.1) is 38.8 Å². The molecule has 4 heterocycles. The van der Waals surface area contributed by atoms with E-state index in [1.165, 1.54) is 12.2 Å². The molecular weight excluding hydrogens is 1100 g/mol. The van der Waals surface area contributed by atoms with Crippen LogP contribution in [0.15, 0.2) is 168 Å². The van der Waals surface area contributed by atoms with E-state index >= 15 is 0 Å². The minimum absolute atomic E-state index is 0.0287. The fourth-order valence-corrected chi connectivity index (χ4v) is 14.7. The first-order chi connectivity index (χ1) is 41.0. The monoisotopic (exact) mass is 1170 g/mol. The van der Waals surface area contributed by atoms with E-state index in [2.05, 4.69) is 9.80 Å². The Kier molecular flexibility index (Phi) is 20.7. The molecule has 0 spiro atoms. The highest BCUT2D eigenvalue weighted by Gasteiger charge is 2.38. The van der Waals surface area contributed by atoms with Crippen molar-refractivity contribution in [3.63, 3.8) is 0 Å². The van der Waals surface area contributed by atoms with E-state index in [9.17, 15) is 19.2 Å². The van der Waals surface area contributed by atoms with Gasteiger partial charge in [0.2, 0.25) is 11.8 Å². The van der Waals surface area contributed by atoms with Crippen LogP contribution in [0.2, 0.25) is 0 Å². The second kappa shape index (κ2) is 29.0. The molecule has 2 amide bonds. The van der Waals surface area contributed by atoms with Crippen molar-refractivity contribution in [1.82, 2.24) is 9.80 Å². The maximum Gasteiger partial charge on any atom is 0.331 e. The number of benzene rings is 6. The van der Waals surface area contributed by atoms with Gasteiger partial charge in [-0.1, -0.05) is 108 Å². The van der Waals surface area contributed by atoms with Crippen LogP contribution < -0.4 is 28.7 Å². The van der Waals surface area contributed by atoms with Crippen molar-refractivity contribution < 1.29 is 47.6 Å².